The molecule has 3 rings (SSSR count). The van der Waals surface area contributed by atoms with Gasteiger partial charge in [-0.05, 0) is 38.1 Å². The summed E-state index contributed by atoms with van der Waals surface area (Å²) in [6.45, 7) is 9.18. The molecule has 1 aromatic heterocycles. The Morgan fingerprint density at radius 3 is 2.41 bits per heavy atom. The number of hydrogen-bond donors (Lipinski definition) is 1. The summed E-state index contributed by atoms with van der Waals surface area (Å²) in [6.07, 6.45) is 0. The van der Waals surface area contributed by atoms with E-state index < -0.39 is 0 Å². The van der Waals surface area contributed by atoms with Crippen molar-refractivity contribution in [3.63, 3.8) is 0 Å². The minimum Gasteiger partial charge on any atom is -0.497 e. The fourth-order valence-electron chi connectivity index (χ4n) is 3.13. The van der Waals surface area contributed by atoms with Crippen molar-refractivity contribution in [2.24, 2.45) is 12.0 Å². The molecule has 8 heteroatoms. The van der Waals surface area contributed by atoms with Crippen LogP contribution in [-0.2, 0) is 13.6 Å². The number of hydrogen-bond acceptors (Lipinski definition) is 5. The zero-order chi connectivity index (χ0) is 19.2. The third-order valence-corrected chi connectivity index (χ3v) is 4.90. The van der Waals surface area contributed by atoms with Gasteiger partial charge in [-0.15, -0.1) is 10.2 Å². The number of rotatable bonds is 5. The first-order valence-electron chi connectivity index (χ1n) is 9.39. The first kappa shape index (κ1) is 19.0. The smallest absolute Gasteiger partial charge is 0.194 e. The Kier molecular flexibility index (Phi) is 6.16. The largest absolute Gasteiger partial charge is 0.497 e. The van der Waals surface area contributed by atoms with Gasteiger partial charge in [0.05, 0.1) is 7.11 Å². The molecule has 0 bridgehead atoms. The fourth-order valence-corrected chi connectivity index (χ4v) is 3.13. The van der Waals surface area contributed by atoms with Gasteiger partial charge in [-0.1, -0.05) is 0 Å². The molecule has 27 heavy (non-hydrogen) atoms. The highest BCUT2D eigenvalue weighted by Crippen LogP contribution is 2.20. The quantitative estimate of drug-likeness (QED) is 0.633. The molecule has 0 aliphatic carbocycles. The lowest BCUT2D eigenvalue weighted by Gasteiger charge is -2.37. The highest BCUT2D eigenvalue weighted by atomic mass is 16.5. The predicted octanol–water partition coefficient (Wildman–Crippen LogP) is 1.42. The Hall–Kier alpha value is -2.77. The summed E-state index contributed by atoms with van der Waals surface area (Å²) in [5, 5.41) is 11.7. The number of nitrogens with one attached hydrogen (secondary N) is 1. The van der Waals surface area contributed by atoms with Gasteiger partial charge in [0, 0.05) is 45.5 Å². The van der Waals surface area contributed by atoms with Gasteiger partial charge in [0.25, 0.3) is 0 Å². The van der Waals surface area contributed by atoms with Crippen LogP contribution < -0.4 is 15.0 Å². The van der Waals surface area contributed by atoms with Crippen LogP contribution in [0.15, 0.2) is 29.3 Å². The molecule has 146 valence electrons. The molecule has 0 unspecified atom stereocenters. The van der Waals surface area contributed by atoms with Crippen molar-refractivity contribution < 1.29 is 4.74 Å². The van der Waals surface area contributed by atoms with Crippen molar-refractivity contribution in [3.05, 3.63) is 35.9 Å². The standard InChI is InChI=1S/C19H29N7O/c1-5-20-19(21-14-18-23-22-15(2)24(18)3)26-12-10-25(11-13-26)16-6-8-17(27-4)9-7-16/h6-9H,5,10-14H2,1-4H3,(H,20,21). The lowest BCUT2D eigenvalue weighted by atomic mass is 10.2. The van der Waals surface area contributed by atoms with Crippen LogP contribution in [0, 0.1) is 6.92 Å². The predicted molar refractivity (Wildman–Crippen MR) is 107 cm³/mol. The summed E-state index contributed by atoms with van der Waals surface area (Å²) in [6, 6.07) is 8.25. The van der Waals surface area contributed by atoms with Crippen molar-refractivity contribution in [1.29, 1.82) is 0 Å². The average molecular weight is 371 g/mol. The summed E-state index contributed by atoms with van der Waals surface area (Å²) in [4.78, 5) is 9.48. The SMILES string of the molecule is CCNC(=NCc1nnc(C)n1C)N1CCN(c2ccc(OC)cc2)CC1. The average Bonchev–Trinajstić information content (AvgIpc) is 3.03. The van der Waals surface area contributed by atoms with E-state index in [0.29, 0.717) is 6.54 Å². The van der Waals surface area contributed by atoms with E-state index >= 15 is 0 Å². The van der Waals surface area contributed by atoms with Gasteiger partial charge in [0.2, 0.25) is 0 Å². The number of methoxy groups -OCH3 is 1. The maximum Gasteiger partial charge on any atom is 0.194 e. The lowest BCUT2D eigenvalue weighted by molar-refractivity contribution is 0.372. The molecule has 1 saturated heterocycles. The van der Waals surface area contributed by atoms with E-state index in [0.717, 1.165) is 56.1 Å². The summed E-state index contributed by atoms with van der Waals surface area (Å²) in [7, 11) is 3.67. The maximum atomic E-state index is 5.24. The van der Waals surface area contributed by atoms with Crippen molar-refractivity contribution in [1.82, 2.24) is 25.0 Å². The first-order chi connectivity index (χ1) is 13.1. The second kappa shape index (κ2) is 8.75. The number of benzene rings is 1. The van der Waals surface area contributed by atoms with E-state index in [-0.39, 0.29) is 0 Å². The molecule has 0 amide bonds. The Labute approximate surface area is 160 Å². The molecule has 2 aromatic rings. The van der Waals surface area contributed by atoms with E-state index in [1.165, 1.54) is 5.69 Å². The van der Waals surface area contributed by atoms with Crippen molar-refractivity contribution in [2.45, 2.75) is 20.4 Å². The summed E-state index contributed by atoms with van der Waals surface area (Å²) in [5.74, 6) is 3.60. The Bertz CT molecular complexity index is 761. The third kappa shape index (κ3) is 4.50. The van der Waals surface area contributed by atoms with Gasteiger partial charge < -0.3 is 24.4 Å². The van der Waals surface area contributed by atoms with Gasteiger partial charge in [-0.2, -0.15) is 0 Å². The third-order valence-electron chi connectivity index (χ3n) is 4.90. The second-order valence-electron chi connectivity index (χ2n) is 6.56. The van der Waals surface area contributed by atoms with Crippen LogP contribution in [0.2, 0.25) is 0 Å². The highest BCUT2D eigenvalue weighted by molar-refractivity contribution is 5.80. The topological polar surface area (TPSA) is 70.8 Å². The van der Waals surface area contributed by atoms with Crippen molar-refractivity contribution in [3.8, 4) is 5.75 Å². The van der Waals surface area contributed by atoms with Gasteiger partial charge in [0.1, 0.15) is 18.1 Å². The molecule has 1 N–H and O–H groups in total. The van der Waals surface area contributed by atoms with Crippen LogP contribution in [0.25, 0.3) is 0 Å². The molecule has 1 fully saturated rings. The van der Waals surface area contributed by atoms with Gasteiger partial charge >= 0.3 is 0 Å². The van der Waals surface area contributed by atoms with E-state index in [1.807, 2.05) is 30.7 Å². The molecule has 1 aliphatic heterocycles. The normalized spacial score (nSPS) is 15.2. The first-order valence-corrected chi connectivity index (χ1v) is 9.39. The van der Waals surface area contributed by atoms with E-state index in [9.17, 15) is 0 Å². The Morgan fingerprint density at radius 2 is 1.85 bits per heavy atom. The molecule has 1 aliphatic rings. The van der Waals surface area contributed by atoms with Crippen molar-refractivity contribution >= 4 is 11.6 Å². The maximum absolute atomic E-state index is 5.24. The fraction of sp³-hybridized carbons (Fsp3) is 0.526. The number of aryl methyl sites for hydroxylation is 1. The van der Waals surface area contributed by atoms with Gasteiger partial charge in [0.15, 0.2) is 11.8 Å². The van der Waals surface area contributed by atoms with Crippen LogP contribution in [0.4, 0.5) is 5.69 Å². The minimum absolute atomic E-state index is 0.526. The van der Waals surface area contributed by atoms with Crippen LogP contribution in [0.1, 0.15) is 18.6 Å². The Morgan fingerprint density at radius 1 is 1.15 bits per heavy atom. The number of ether oxygens (including phenoxy) is 1. The van der Waals surface area contributed by atoms with E-state index in [4.69, 9.17) is 9.73 Å². The molecule has 0 radical (unpaired) electrons. The van der Waals surface area contributed by atoms with Gasteiger partial charge in [-0.3, -0.25) is 0 Å². The molecular formula is C19H29N7O. The number of piperazine rings is 1. The monoisotopic (exact) mass is 371 g/mol. The van der Waals surface area contributed by atoms with Crippen LogP contribution in [0.3, 0.4) is 0 Å². The van der Waals surface area contributed by atoms with E-state index in [2.05, 4.69) is 44.4 Å². The number of guanidine groups is 1. The van der Waals surface area contributed by atoms with Crippen molar-refractivity contribution in [2.75, 3.05) is 44.7 Å². The summed E-state index contributed by atoms with van der Waals surface area (Å²) >= 11 is 0. The molecule has 0 spiro atoms. The summed E-state index contributed by atoms with van der Waals surface area (Å²) < 4.78 is 7.22. The molecular weight excluding hydrogens is 342 g/mol. The number of nitrogens with zero attached hydrogens (tertiary/aromatic N) is 6. The van der Waals surface area contributed by atoms with Crippen LogP contribution >= 0.6 is 0 Å². The minimum atomic E-state index is 0.526. The summed E-state index contributed by atoms with van der Waals surface area (Å²) in [5.41, 5.74) is 1.23. The van der Waals surface area contributed by atoms with Gasteiger partial charge in [-0.25, -0.2) is 4.99 Å². The zero-order valence-corrected chi connectivity index (χ0v) is 16.6. The van der Waals surface area contributed by atoms with Crippen LogP contribution in [-0.4, -0.2) is 65.5 Å². The molecule has 1 aromatic carbocycles. The lowest BCUT2D eigenvalue weighted by Crippen LogP contribution is -2.52. The zero-order valence-electron chi connectivity index (χ0n) is 16.6. The number of anilines is 1. The number of aromatic nitrogens is 3. The van der Waals surface area contributed by atoms with E-state index in [1.54, 1.807) is 7.11 Å². The highest BCUT2D eigenvalue weighted by Gasteiger charge is 2.20. The number of aliphatic imine (C=N–C) groups is 1. The molecule has 0 saturated carbocycles. The molecule has 0 atom stereocenters. The molecule has 8 nitrogen and oxygen atoms in total. The Balaban J connectivity index is 1.62. The molecule has 2 heterocycles. The second-order valence-corrected chi connectivity index (χ2v) is 6.56. The van der Waals surface area contributed by atoms with Crippen LogP contribution in [0.5, 0.6) is 5.75 Å².